The van der Waals surface area contributed by atoms with Crippen LogP contribution in [0.4, 0.5) is 4.39 Å². The molecule has 1 fully saturated rings. The molecular formula is C14H19FN2O4. The van der Waals surface area contributed by atoms with Crippen molar-refractivity contribution in [3.05, 3.63) is 24.2 Å². The Balaban J connectivity index is 1.99. The third-order valence-corrected chi connectivity index (χ3v) is 3.46. The zero-order valence-electron chi connectivity index (χ0n) is 11.9. The van der Waals surface area contributed by atoms with Gasteiger partial charge in [-0.1, -0.05) is 0 Å². The number of furan rings is 1. The van der Waals surface area contributed by atoms with Crippen LogP contribution in [-0.4, -0.2) is 55.7 Å². The molecule has 0 bridgehead atoms. The largest absolute Gasteiger partial charge is 0.459 e. The van der Waals surface area contributed by atoms with Crippen LogP contribution in [0, 0.1) is 0 Å². The van der Waals surface area contributed by atoms with E-state index in [1.807, 2.05) is 0 Å². The van der Waals surface area contributed by atoms with Gasteiger partial charge in [0, 0.05) is 20.2 Å². The van der Waals surface area contributed by atoms with E-state index in [2.05, 4.69) is 5.32 Å². The summed E-state index contributed by atoms with van der Waals surface area (Å²) in [5.74, 6) is -0.943. The molecule has 1 unspecified atom stereocenters. The van der Waals surface area contributed by atoms with Crippen LogP contribution in [0.25, 0.3) is 0 Å². The number of halogens is 1. The molecule has 0 radical (unpaired) electrons. The first-order valence-corrected chi connectivity index (χ1v) is 6.86. The van der Waals surface area contributed by atoms with Gasteiger partial charge in [0.25, 0.3) is 11.8 Å². The SMILES string of the molecule is COCCNC(=O)C1(F)CCCN(C(=O)c2ccco2)C1. The van der Waals surface area contributed by atoms with E-state index < -0.39 is 17.5 Å². The van der Waals surface area contributed by atoms with Crippen LogP contribution in [0.3, 0.4) is 0 Å². The van der Waals surface area contributed by atoms with Gasteiger partial charge in [0.05, 0.1) is 19.4 Å². The topological polar surface area (TPSA) is 71.8 Å². The summed E-state index contributed by atoms with van der Waals surface area (Å²) >= 11 is 0. The smallest absolute Gasteiger partial charge is 0.289 e. The van der Waals surface area contributed by atoms with E-state index in [1.54, 1.807) is 6.07 Å². The lowest BCUT2D eigenvalue weighted by Gasteiger charge is -2.35. The third-order valence-electron chi connectivity index (χ3n) is 3.46. The first-order chi connectivity index (χ1) is 10.1. The molecule has 2 heterocycles. The Hall–Kier alpha value is -1.89. The molecule has 1 aromatic heterocycles. The number of hydrogen-bond donors (Lipinski definition) is 1. The molecule has 0 spiro atoms. The quantitative estimate of drug-likeness (QED) is 0.823. The van der Waals surface area contributed by atoms with Gasteiger partial charge in [0.2, 0.25) is 5.67 Å². The maximum absolute atomic E-state index is 14.8. The van der Waals surface area contributed by atoms with Crippen molar-refractivity contribution in [2.45, 2.75) is 18.5 Å². The molecule has 1 atom stereocenters. The standard InChI is InChI=1S/C14H19FN2O4/c1-20-9-6-16-13(19)14(15)5-3-7-17(10-14)12(18)11-4-2-8-21-11/h2,4,8H,3,5-7,9-10H2,1H3,(H,16,19). The maximum atomic E-state index is 14.8. The Kier molecular flexibility index (Phi) is 4.95. The monoisotopic (exact) mass is 298 g/mol. The van der Waals surface area contributed by atoms with Gasteiger partial charge in [-0.25, -0.2) is 4.39 Å². The Labute approximate surface area is 122 Å². The molecule has 1 aliphatic rings. The number of piperidine rings is 1. The second-order valence-electron chi connectivity index (χ2n) is 5.02. The van der Waals surface area contributed by atoms with Gasteiger partial charge in [-0.05, 0) is 25.0 Å². The van der Waals surface area contributed by atoms with Crippen molar-refractivity contribution in [2.24, 2.45) is 0 Å². The van der Waals surface area contributed by atoms with Crippen LogP contribution < -0.4 is 5.32 Å². The molecular weight excluding hydrogens is 279 g/mol. The summed E-state index contributed by atoms with van der Waals surface area (Å²) in [5.41, 5.74) is -2.06. The zero-order chi connectivity index (χ0) is 15.3. The van der Waals surface area contributed by atoms with Crippen molar-refractivity contribution in [1.82, 2.24) is 10.2 Å². The van der Waals surface area contributed by atoms with Crippen molar-refractivity contribution < 1.29 is 23.1 Å². The van der Waals surface area contributed by atoms with E-state index in [9.17, 15) is 14.0 Å². The third kappa shape index (κ3) is 3.60. The first kappa shape index (κ1) is 15.5. The predicted molar refractivity (Wildman–Crippen MR) is 72.6 cm³/mol. The molecule has 2 rings (SSSR count). The fraction of sp³-hybridized carbons (Fsp3) is 0.571. The van der Waals surface area contributed by atoms with Gasteiger partial charge in [-0.15, -0.1) is 0 Å². The fourth-order valence-corrected chi connectivity index (χ4v) is 2.35. The zero-order valence-corrected chi connectivity index (χ0v) is 11.9. The number of nitrogens with one attached hydrogen (secondary N) is 1. The van der Waals surface area contributed by atoms with Gasteiger partial charge in [0.1, 0.15) is 0 Å². The summed E-state index contributed by atoms with van der Waals surface area (Å²) in [4.78, 5) is 25.4. The number of ether oxygens (including phenoxy) is 1. The number of likely N-dealkylation sites (tertiary alicyclic amines) is 1. The minimum absolute atomic E-state index is 0.105. The van der Waals surface area contributed by atoms with Crippen molar-refractivity contribution in [1.29, 1.82) is 0 Å². The number of methoxy groups -OCH3 is 1. The van der Waals surface area contributed by atoms with Gasteiger partial charge in [-0.3, -0.25) is 9.59 Å². The number of nitrogens with zero attached hydrogens (tertiary/aromatic N) is 1. The van der Waals surface area contributed by atoms with E-state index in [0.29, 0.717) is 19.6 Å². The van der Waals surface area contributed by atoms with E-state index in [-0.39, 0.29) is 25.3 Å². The van der Waals surface area contributed by atoms with Crippen LogP contribution in [0.15, 0.2) is 22.8 Å². The number of amides is 2. The number of alkyl halides is 1. The number of carbonyl (C=O) groups excluding carboxylic acids is 2. The van der Waals surface area contributed by atoms with Crippen molar-refractivity contribution in [3.8, 4) is 0 Å². The van der Waals surface area contributed by atoms with Crippen LogP contribution in [0.2, 0.25) is 0 Å². The lowest BCUT2D eigenvalue weighted by atomic mass is 9.93. The van der Waals surface area contributed by atoms with Crippen molar-refractivity contribution in [2.75, 3.05) is 33.4 Å². The number of carbonyl (C=O) groups is 2. The Morgan fingerprint density at radius 1 is 1.57 bits per heavy atom. The maximum Gasteiger partial charge on any atom is 0.289 e. The highest BCUT2D eigenvalue weighted by molar-refractivity contribution is 5.93. The van der Waals surface area contributed by atoms with E-state index >= 15 is 0 Å². The normalized spacial score (nSPS) is 22.1. The highest BCUT2D eigenvalue weighted by Gasteiger charge is 2.44. The molecule has 0 saturated carbocycles. The summed E-state index contributed by atoms with van der Waals surface area (Å²) < 4.78 is 24.6. The van der Waals surface area contributed by atoms with Crippen LogP contribution >= 0.6 is 0 Å². The summed E-state index contributed by atoms with van der Waals surface area (Å²) in [5, 5.41) is 2.49. The molecule has 0 aliphatic carbocycles. The molecule has 2 amide bonds. The summed E-state index contributed by atoms with van der Waals surface area (Å²) in [6, 6.07) is 3.12. The average molecular weight is 298 g/mol. The summed E-state index contributed by atoms with van der Waals surface area (Å²) in [6.07, 6.45) is 1.92. The Morgan fingerprint density at radius 3 is 3.05 bits per heavy atom. The van der Waals surface area contributed by atoms with Crippen LogP contribution in [0.1, 0.15) is 23.4 Å². The first-order valence-electron chi connectivity index (χ1n) is 6.86. The lowest BCUT2D eigenvalue weighted by molar-refractivity contribution is -0.136. The van der Waals surface area contributed by atoms with E-state index in [4.69, 9.17) is 9.15 Å². The molecule has 1 aliphatic heterocycles. The Morgan fingerprint density at radius 2 is 2.38 bits per heavy atom. The molecule has 1 saturated heterocycles. The number of rotatable bonds is 5. The van der Waals surface area contributed by atoms with Crippen LogP contribution in [0.5, 0.6) is 0 Å². The number of hydrogen-bond acceptors (Lipinski definition) is 4. The van der Waals surface area contributed by atoms with Gasteiger partial charge >= 0.3 is 0 Å². The minimum atomic E-state index is -2.06. The highest BCUT2D eigenvalue weighted by atomic mass is 19.1. The minimum Gasteiger partial charge on any atom is -0.459 e. The second-order valence-corrected chi connectivity index (χ2v) is 5.02. The van der Waals surface area contributed by atoms with Gasteiger partial charge < -0.3 is 19.4 Å². The van der Waals surface area contributed by atoms with E-state index in [1.165, 1.54) is 24.3 Å². The second kappa shape index (κ2) is 6.71. The van der Waals surface area contributed by atoms with E-state index in [0.717, 1.165) is 0 Å². The molecule has 1 N–H and O–H groups in total. The predicted octanol–water partition coefficient (Wildman–Crippen LogP) is 0.986. The van der Waals surface area contributed by atoms with Crippen LogP contribution in [-0.2, 0) is 9.53 Å². The lowest BCUT2D eigenvalue weighted by Crippen LogP contribution is -2.56. The van der Waals surface area contributed by atoms with Crippen molar-refractivity contribution in [3.63, 3.8) is 0 Å². The van der Waals surface area contributed by atoms with Crippen molar-refractivity contribution >= 4 is 11.8 Å². The molecule has 7 heteroatoms. The summed E-state index contributed by atoms with van der Waals surface area (Å²) in [6.45, 7) is 0.714. The molecule has 1 aromatic rings. The Bertz CT molecular complexity index is 491. The van der Waals surface area contributed by atoms with Gasteiger partial charge in [-0.2, -0.15) is 0 Å². The highest BCUT2D eigenvalue weighted by Crippen LogP contribution is 2.26. The van der Waals surface area contributed by atoms with Gasteiger partial charge in [0.15, 0.2) is 5.76 Å². The molecule has 21 heavy (non-hydrogen) atoms. The molecule has 116 valence electrons. The molecule has 6 nitrogen and oxygen atoms in total. The molecule has 0 aromatic carbocycles. The fourth-order valence-electron chi connectivity index (χ4n) is 2.35. The average Bonchev–Trinajstić information content (AvgIpc) is 3.01. The summed E-state index contributed by atoms with van der Waals surface area (Å²) in [7, 11) is 1.50.